The Morgan fingerprint density at radius 1 is 1.36 bits per heavy atom. The molecule has 1 aromatic carbocycles. The van der Waals surface area contributed by atoms with Crippen LogP contribution in [-0.4, -0.2) is 44.2 Å². The quantitative estimate of drug-likeness (QED) is 0.410. The summed E-state index contributed by atoms with van der Waals surface area (Å²) in [5, 5.41) is 7.47. The Bertz CT molecular complexity index is 438. The van der Waals surface area contributed by atoms with Gasteiger partial charge in [0.05, 0.1) is 6.10 Å². The minimum absolute atomic E-state index is 0. The van der Waals surface area contributed by atoms with Gasteiger partial charge >= 0.3 is 0 Å². The summed E-state index contributed by atoms with van der Waals surface area (Å²) in [6.45, 7) is 1.69. The highest BCUT2D eigenvalue weighted by Gasteiger charge is 2.16. The molecule has 0 amide bonds. The van der Waals surface area contributed by atoms with E-state index in [9.17, 15) is 0 Å². The van der Waals surface area contributed by atoms with Crippen molar-refractivity contribution in [3.63, 3.8) is 0 Å². The summed E-state index contributed by atoms with van der Waals surface area (Å²) >= 11 is 2.05. The predicted molar refractivity (Wildman–Crippen MR) is 106 cm³/mol. The first-order valence-corrected chi connectivity index (χ1v) is 8.52. The molecule has 2 N–H and O–H groups in total. The summed E-state index contributed by atoms with van der Waals surface area (Å²) in [4.78, 5) is 4.28. The molecule has 6 heteroatoms. The van der Waals surface area contributed by atoms with Gasteiger partial charge in [-0.2, -0.15) is 11.8 Å². The van der Waals surface area contributed by atoms with Crippen LogP contribution in [0.4, 0.5) is 0 Å². The Labute approximate surface area is 154 Å². The second kappa shape index (κ2) is 11.1. The molecule has 2 unspecified atom stereocenters. The number of aliphatic imine (C=N–C) groups is 1. The molecule has 1 saturated heterocycles. The zero-order chi connectivity index (χ0) is 14.9. The number of nitrogens with zero attached hydrogens (tertiary/aromatic N) is 1. The fourth-order valence-corrected chi connectivity index (χ4v) is 3.63. The molecule has 0 saturated carbocycles. The van der Waals surface area contributed by atoms with Crippen LogP contribution >= 0.6 is 35.7 Å². The molecule has 124 valence electrons. The number of guanidine groups is 1. The van der Waals surface area contributed by atoms with Crippen LogP contribution in [0, 0.1) is 0 Å². The first-order chi connectivity index (χ1) is 10.3. The second-order valence-electron chi connectivity index (χ2n) is 5.10. The van der Waals surface area contributed by atoms with Gasteiger partial charge < -0.3 is 15.4 Å². The van der Waals surface area contributed by atoms with E-state index >= 15 is 0 Å². The summed E-state index contributed by atoms with van der Waals surface area (Å²) < 4.78 is 5.56. The summed E-state index contributed by atoms with van der Waals surface area (Å²) in [6.07, 6.45) is 2.67. The van der Waals surface area contributed by atoms with Crippen molar-refractivity contribution in [1.29, 1.82) is 0 Å². The SMILES string of the molecule is CN=C(NCC1CCCS1)NCC(OC)c1ccccc1.I. The topological polar surface area (TPSA) is 45.7 Å². The highest BCUT2D eigenvalue weighted by molar-refractivity contribution is 14.0. The Kier molecular flexibility index (Phi) is 9.90. The molecule has 1 aromatic rings. The molecule has 1 heterocycles. The fourth-order valence-electron chi connectivity index (χ4n) is 2.43. The largest absolute Gasteiger partial charge is 0.375 e. The van der Waals surface area contributed by atoms with E-state index < -0.39 is 0 Å². The number of rotatable bonds is 6. The van der Waals surface area contributed by atoms with Crippen LogP contribution in [0.15, 0.2) is 35.3 Å². The van der Waals surface area contributed by atoms with Crippen LogP contribution in [0.5, 0.6) is 0 Å². The lowest BCUT2D eigenvalue weighted by Gasteiger charge is -2.19. The van der Waals surface area contributed by atoms with Crippen molar-refractivity contribution in [3.8, 4) is 0 Å². The third-order valence-electron chi connectivity index (χ3n) is 3.66. The molecular formula is C16H26IN3OS. The molecule has 1 fully saturated rings. The first-order valence-electron chi connectivity index (χ1n) is 7.47. The maximum Gasteiger partial charge on any atom is 0.191 e. The molecule has 0 spiro atoms. The lowest BCUT2D eigenvalue weighted by atomic mass is 10.1. The van der Waals surface area contributed by atoms with E-state index in [1.165, 1.54) is 24.2 Å². The summed E-state index contributed by atoms with van der Waals surface area (Å²) in [5.74, 6) is 2.14. The van der Waals surface area contributed by atoms with Crippen LogP contribution < -0.4 is 10.6 Å². The van der Waals surface area contributed by atoms with Crippen molar-refractivity contribution in [2.45, 2.75) is 24.2 Å². The third kappa shape index (κ3) is 6.34. The van der Waals surface area contributed by atoms with Gasteiger partial charge in [-0.3, -0.25) is 4.99 Å². The number of thioether (sulfide) groups is 1. The minimum atomic E-state index is 0. The van der Waals surface area contributed by atoms with Gasteiger partial charge in [0.25, 0.3) is 0 Å². The van der Waals surface area contributed by atoms with Crippen molar-refractivity contribution in [1.82, 2.24) is 10.6 Å². The molecule has 22 heavy (non-hydrogen) atoms. The van der Waals surface area contributed by atoms with E-state index in [4.69, 9.17) is 4.74 Å². The number of halogens is 1. The van der Waals surface area contributed by atoms with E-state index in [2.05, 4.69) is 39.5 Å². The molecule has 0 aromatic heterocycles. The monoisotopic (exact) mass is 435 g/mol. The van der Waals surface area contributed by atoms with Crippen LogP contribution in [0.1, 0.15) is 24.5 Å². The van der Waals surface area contributed by atoms with E-state index in [-0.39, 0.29) is 30.1 Å². The predicted octanol–water partition coefficient (Wildman–Crippen LogP) is 3.05. The zero-order valence-electron chi connectivity index (χ0n) is 13.2. The number of hydrogen-bond acceptors (Lipinski definition) is 3. The van der Waals surface area contributed by atoms with Crippen LogP contribution in [0.3, 0.4) is 0 Å². The number of methoxy groups -OCH3 is 1. The summed E-state index contributed by atoms with van der Waals surface area (Å²) in [7, 11) is 3.55. The summed E-state index contributed by atoms with van der Waals surface area (Å²) in [6, 6.07) is 10.3. The molecule has 1 aliphatic heterocycles. The average molecular weight is 435 g/mol. The van der Waals surface area contributed by atoms with Crippen molar-refractivity contribution < 1.29 is 4.74 Å². The molecule has 4 nitrogen and oxygen atoms in total. The van der Waals surface area contributed by atoms with Crippen LogP contribution in [0.2, 0.25) is 0 Å². The first kappa shape index (κ1) is 19.6. The second-order valence-corrected chi connectivity index (χ2v) is 6.51. The molecular weight excluding hydrogens is 409 g/mol. The molecule has 1 aliphatic rings. The Morgan fingerprint density at radius 3 is 2.73 bits per heavy atom. The van der Waals surface area contributed by atoms with E-state index in [0.29, 0.717) is 6.54 Å². The molecule has 0 aliphatic carbocycles. The van der Waals surface area contributed by atoms with E-state index in [1.807, 2.05) is 18.2 Å². The van der Waals surface area contributed by atoms with Gasteiger partial charge in [0.15, 0.2) is 5.96 Å². The Balaban J connectivity index is 0.00000242. The van der Waals surface area contributed by atoms with Gasteiger partial charge in [-0.15, -0.1) is 24.0 Å². The van der Waals surface area contributed by atoms with Crippen molar-refractivity contribution in [3.05, 3.63) is 35.9 Å². The highest BCUT2D eigenvalue weighted by Crippen LogP contribution is 2.25. The Hall–Kier alpha value is -0.470. The lowest BCUT2D eigenvalue weighted by Crippen LogP contribution is -2.41. The highest BCUT2D eigenvalue weighted by atomic mass is 127. The van der Waals surface area contributed by atoms with Crippen LogP contribution in [0.25, 0.3) is 0 Å². The average Bonchev–Trinajstić information content (AvgIpc) is 3.05. The van der Waals surface area contributed by atoms with E-state index in [1.54, 1.807) is 14.2 Å². The van der Waals surface area contributed by atoms with Gasteiger partial charge in [-0.05, 0) is 24.2 Å². The third-order valence-corrected chi connectivity index (χ3v) is 5.05. The fraction of sp³-hybridized carbons (Fsp3) is 0.562. The minimum Gasteiger partial charge on any atom is -0.375 e. The maximum absolute atomic E-state index is 5.56. The number of hydrogen-bond donors (Lipinski definition) is 2. The molecule has 0 radical (unpaired) electrons. The number of benzene rings is 1. The standard InChI is InChI=1S/C16H25N3OS.HI/c1-17-16(18-11-14-9-6-10-21-14)19-12-15(20-2)13-7-4-3-5-8-13;/h3-5,7-8,14-15H,6,9-12H2,1-2H3,(H2,17,18,19);1H. The molecule has 0 bridgehead atoms. The Morgan fingerprint density at radius 2 is 2.14 bits per heavy atom. The van der Waals surface area contributed by atoms with Gasteiger partial charge in [-0.25, -0.2) is 0 Å². The van der Waals surface area contributed by atoms with Gasteiger partial charge in [0.2, 0.25) is 0 Å². The normalized spacial score (nSPS) is 19.4. The van der Waals surface area contributed by atoms with Crippen molar-refractivity contribution >= 4 is 41.7 Å². The maximum atomic E-state index is 5.56. The van der Waals surface area contributed by atoms with Crippen molar-refractivity contribution in [2.75, 3.05) is 33.0 Å². The van der Waals surface area contributed by atoms with Gasteiger partial charge in [0, 0.05) is 32.5 Å². The van der Waals surface area contributed by atoms with Crippen molar-refractivity contribution in [2.24, 2.45) is 4.99 Å². The summed E-state index contributed by atoms with van der Waals surface area (Å²) in [5.41, 5.74) is 1.18. The zero-order valence-corrected chi connectivity index (χ0v) is 16.4. The smallest absolute Gasteiger partial charge is 0.191 e. The molecule has 2 rings (SSSR count). The lowest BCUT2D eigenvalue weighted by molar-refractivity contribution is 0.106. The molecule has 2 atom stereocenters. The number of nitrogens with one attached hydrogen (secondary N) is 2. The number of ether oxygens (including phenoxy) is 1. The van der Waals surface area contributed by atoms with Gasteiger partial charge in [0.1, 0.15) is 0 Å². The van der Waals surface area contributed by atoms with Crippen LogP contribution in [-0.2, 0) is 4.74 Å². The van der Waals surface area contributed by atoms with Gasteiger partial charge in [-0.1, -0.05) is 30.3 Å². The van der Waals surface area contributed by atoms with E-state index in [0.717, 1.165) is 17.8 Å².